The quantitative estimate of drug-likeness (QED) is 0.226. The molecule has 42 heavy (non-hydrogen) atoms. The second-order valence-electron chi connectivity index (χ2n) is 10.8. The highest BCUT2D eigenvalue weighted by atomic mass is 35.5. The number of aromatic nitrogens is 2. The van der Waals surface area contributed by atoms with Crippen LogP contribution in [0.3, 0.4) is 0 Å². The minimum Gasteiger partial charge on any atom is -0.383 e. The third-order valence-corrected chi connectivity index (χ3v) is 9.96. The first kappa shape index (κ1) is 29.5. The van der Waals surface area contributed by atoms with Crippen LogP contribution in [-0.4, -0.2) is 41.9 Å². The van der Waals surface area contributed by atoms with E-state index < -0.39 is 27.3 Å². The van der Waals surface area contributed by atoms with E-state index in [0.717, 1.165) is 47.8 Å². The molecule has 6 rings (SSSR count). The average molecular weight is 655 g/mol. The Morgan fingerprint density at radius 1 is 1.21 bits per heavy atom. The van der Waals surface area contributed by atoms with Crippen LogP contribution in [0.25, 0.3) is 21.5 Å². The molecule has 0 unspecified atom stereocenters. The topological polar surface area (TPSA) is 132 Å². The number of halogens is 3. The zero-order valence-corrected chi connectivity index (χ0v) is 25.5. The fourth-order valence-electron chi connectivity index (χ4n) is 5.24. The summed E-state index contributed by atoms with van der Waals surface area (Å²) in [5.74, 6) is -0.638. The molecule has 4 aromatic rings. The summed E-state index contributed by atoms with van der Waals surface area (Å²) < 4.78 is 51.9. The number of sulfonamides is 1. The minimum atomic E-state index is -3.81. The SMILES string of the molecule is CS(=O)(=O)NC(=O)c1cc(F)c2nc([C@]3(O)CC[C@@H](OCc4c(-c5c(Cl)cccc5Cl)noc4C4CC4)CC3)sc2c1. The maximum Gasteiger partial charge on any atom is 0.264 e. The molecule has 0 radical (unpaired) electrons. The first-order valence-electron chi connectivity index (χ1n) is 13.3. The van der Waals surface area contributed by atoms with E-state index in [4.69, 9.17) is 32.5 Å². The van der Waals surface area contributed by atoms with Crippen molar-refractivity contribution in [1.82, 2.24) is 14.9 Å². The van der Waals surface area contributed by atoms with Crippen LogP contribution in [0.1, 0.15) is 71.1 Å². The highest BCUT2D eigenvalue weighted by Crippen LogP contribution is 2.47. The number of ether oxygens (including phenoxy) is 1. The van der Waals surface area contributed by atoms with Crippen molar-refractivity contribution in [2.75, 3.05) is 6.26 Å². The first-order chi connectivity index (χ1) is 19.9. The smallest absolute Gasteiger partial charge is 0.264 e. The molecule has 2 heterocycles. The monoisotopic (exact) mass is 653 g/mol. The fraction of sp³-hybridized carbons (Fsp3) is 0.393. The Balaban J connectivity index is 1.16. The molecule has 0 spiro atoms. The molecule has 0 aliphatic heterocycles. The third kappa shape index (κ3) is 5.93. The van der Waals surface area contributed by atoms with Crippen LogP contribution in [0, 0.1) is 5.82 Å². The number of benzene rings is 2. The third-order valence-electron chi connectivity index (χ3n) is 7.58. The summed E-state index contributed by atoms with van der Waals surface area (Å²) in [6, 6.07) is 7.58. The van der Waals surface area contributed by atoms with E-state index in [9.17, 15) is 22.7 Å². The Bertz CT molecular complexity index is 1780. The number of carbonyl (C=O) groups excluding carboxylic acids is 1. The van der Waals surface area contributed by atoms with Gasteiger partial charge in [-0.25, -0.2) is 22.5 Å². The molecule has 0 saturated heterocycles. The highest BCUT2D eigenvalue weighted by Gasteiger charge is 2.39. The van der Waals surface area contributed by atoms with Gasteiger partial charge in [-0.3, -0.25) is 4.79 Å². The normalized spacial score (nSPS) is 21.1. The van der Waals surface area contributed by atoms with Gasteiger partial charge in [0.2, 0.25) is 10.0 Å². The molecule has 0 bridgehead atoms. The van der Waals surface area contributed by atoms with E-state index >= 15 is 0 Å². The van der Waals surface area contributed by atoms with Gasteiger partial charge in [0, 0.05) is 22.6 Å². The van der Waals surface area contributed by atoms with Gasteiger partial charge in [-0.1, -0.05) is 34.4 Å². The molecular formula is C28H26Cl2FN3O6S2. The largest absolute Gasteiger partial charge is 0.383 e. The van der Waals surface area contributed by atoms with Crippen LogP contribution in [-0.2, 0) is 27.0 Å². The zero-order valence-electron chi connectivity index (χ0n) is 22.3. The first-order valence-corrected chi connectivity index (χ1v) is 16.8. The molecule has 14 heteroatoms. The summed E-state index contributed by atoms with van der Waals surface area (Å²) >= 11 is 14.0. The molecule has 1 amide bonds. The van der Waals surface area contributed by atoms with Crippen molar-refractivity contribution >= 4 is 60.7 Å². The van der Waals surface area contributed by atoms with Crippen molar-refractivity contribution < 1.29 is 32.0 Å². The number of nitrogens with one attached hydrogen (secondary N) is 1. The average Bonchev–Trinajstić information content (AvgIpc) is 3.52. The van der Waals surface area contributed by atoms with Crippen molar-refractivity contribution in [3.63, 3.8) is 0 Å². The van der Waals surface area contributed by atoms with Crippen molar-refractivity contribution in [1.29, 1.82) is 0 Å². The number of amides is 1. The van der Waals surface area contributed by atoms with Gasteiger partial charge in [0.1, 0.15) is 27.6 Å². The number of aliphatic hydroxyl groups is 1. The van der Waals surface area contributed by atoms with E-state index in [1.165, 1.54) is 6.07 Å². The molecule has 2 N–H and O–H groups in total. The molecule has 0 atom stereocenters. The van der Waals surface area contributed by atoms with Crippen LogP contribution in [0.4, 0.5) is 4.39 Å². The van der Waals surface area contributed by atoms with E-state index in [1.807, 2.05) is 4.72 Å². The van der Waals surface area contributed by atoms with Gasteiger partial charge < -0.3 is 14.4 Å². The highest BCUT2D eigenvalue weighted by molar-refractivity contribution is 7.89. The summed E-state index contributed by atoms with van der Waals surface area (Å²) in [5.41, 5.74) is 0.572. The number of nitrogens with zero attached hydrogens (tertiary/aromatic N) is 2. The second-order valence-corrected chi connectivity index (χ2v) is 14.4. The summed E-state index contributed by atoms with van der Waals surface area (Å²) in [4.78, 5) is 16.6. The minimum absolute atomic E-state index is 0.0172. The van der Waals surface area contributed by atoms with E-state index in [0.29, 0.717) is 62.6 Å². The molecule has 2 aliphatic rings. The molecule has 2 aliphatic carbocycles. The molecule has 2 fully saturated rings. The standard InChI is InChI=1S/C28H26Cl2FN3O6S2/c1-42(37,38)34-26(35)15-11-20(31)24-21(12-15)41-27(32-24)28(36)9-7-16(8-10-28)39-13-17-23(33-40-25(17)14-5-6-14)22-18(29)3-2-4-19(22)30/h2-4,11-12,14,16,36H,5-10,13H2,1H3,(H,34,35)/t16-,28+. The number of carbonyl (C=O) groups is 1. The predicted octanol–water partition coefficient (Wildman–Crippen LogP) is 6.31. The van der Waals surface area contributed by atoms with Crippen LogP contribution < -0.4 is 4.72 Å². The Labute approximate surface area is 255 Å². The van der Waals surface area contributed by atoms with E-state index in [-0.39, 0.29) is 23.8 Å². The Morgan fingerprint density at radius 2 is 1.90 bits per heavy atom. The van der Waals surface area contributed by atoms with E-state index in [2.05, 4.69) is 10.1 Å². The molecule has 2 aromatic heterocycles. The zero-order chi connectivity index (χ0) is 29.8. The van der Waals surface area contributed by atoms with Crippen LogP contribution in [0.5, 0.6) is 0 Å². The van der Waals surface area contributed by atoms with Crippen molar-refractivity contribution in [3.05, 3.63) is 68.1 Å². The molecular weight excluding hydrogens is 628 g/mol. The Kier molecular flexibility index (Phi) is 7.82. The number of fused-ring (bicyclic) bond motifs is 1. The van der Waals surface area contributed by atoms with Crippen LogP contribution in [0.15, 0.2) is 34.9 Å². The molecule has 2 aromatic carbocycles. The summed E-state index contributed by atoms with van der Waals surface area (Å²) in [7, 11) is -3.81. The fourth-order valence-corrected chi connectivity index (χ4v) is 7.44. The maximum atomic E-state index is 14.8. The summed E-state index contributed by atoms with van der Waals surface area (Å²) in [6.07, 6.45) is 4.45. The number of hydrogen-bond acceptors (Lipinski definition) is 9. The lowest BCUT2D eigenvalue weighted by Gasteiger charge is -2.34. The lowest BCUT2D eigenvalue weighted by molar-refractivity contribution is -0.0641. The van der Waals surface area contributed by atoms with Gasteiger partial charge in [0.15, 0.2) is 5.82 Å². The van der Waals surface area contributed by atoms with Gasteiger partial charge in [-0.05, 0) is 62.8 Å². The number of hydrogen-bond donors (Lipinski definition) is 2. The molecule has 9 nitrogen and oxygen atoms in total. The van der Waals surface area contributed by atoms with Crippen molar-refractivity contribution in [2.24, 2.45) is 0 Å². The van der Waals surface area contributed by atoms with Crippen molar-refractivity contribution in [2.45, 2.75) is 62.8 Å². The predicted molar refractivity (Wildman–Crippen MR) is 157 cm³/mol. The second kappa shape index (κ2) is 11.1. The lowest BCUT2D eigenvalue weighted by atomic mass is 9.83. The lowest BCUT2D eigenvalue weighted by Crippen LogP contribution is -2.34. The number of thiazole rings is 1. The number of rotatable bonds is 8. The summed E-state index contributed by atoms with van der Waals surface area (Å²) in [5, 5.41) is 17.0. The van der Waals surface area contributed by atoms with Crippen molar-refractivity contribution in [3.8, 4) is 11.3 Å². The van der Waals surface area contributed by atoms with Crippen LogP contribution >= 0.6 is 34.5 Å². The molecule has 2 saturated carbocycles. The summed E-state index contributed by atoms with van der Waals surface area (Å²) in [6.45, 7) is 0.250. The van der Waals surface area contributed by atoms with Crippen LogP contribution in [0.2, 0.25) is 10.0 Å². The Morgan fingerprint density at radius 3 is 2.55 bits per heavy atom. The Hall–Kier alpha value is -2.61. The van der Waals surface area contributed by atoms with Gasteiger partial charge >= 0.3 is 0 Å². The maximum absolute atomic E-state index is 14.8. The van der Waals surface area contributed by atoms with Gasteiger partial charge in [-0.15, -0.1) is 11.3 Å². The van der Waals surface area contributed by atoms with Gasteiger partial charge in [0.05, 0.1) is 33.7 Å². The van der Waals surface area contributed by atoms with Gasteiger partial charge in [-0.2, -0.15) is 0 Å². The molecule has 222 valence electrons. The van der Waals surface area contributed by atoms with E-state index in [1.54, 1.807) is 18.2 Å². The van der Waals surface area contributed by atoms with Gasteiger partial charge in [0.25, 0.3) is 5.91 Å².